The number of esters is 1. The van der Waals surface area contributed by atoms with Gasteiger partial charge in [0.05, 0.1) is 6.10 Å². The van der Waals surface area contributed by atoms with Crippen molar-refractivity contribution in [3.8, 4) is 0 Å². The quantitative estimate of drug-likeness (QED) is 0.557. The van der Waals surface area contributed by atoms with Crippen molar-refractivity contribution in [2.75, 3.05) is 0 Å². The first-order chi connectivity index (χ1) is 5.58. The van der Waals surface area contributed by atoms with Gasteiger partial charge in [-0.15, -0.1) is 0 Å². The number of carbonyl (C=O) groups excluding carboxylic acids is 1. The molecule has 0 bridgehead atoms. The van der Waals surface area contributed by atoms with Crippen molar-refractivity contribution >= 4 is 5.97 Å². The minimum absolute atomic E-state index is 0.0805. The van der Waals surface area contributed by atoms with Crippen LogP contribution in [0.5, 0.6) is 0 Å². The second kappa shape index (κ2) is 3.58. The summed E-state index contributed by atoms with van der Waals surface area (Å²) in [5.41, 5.74) is 0. The number of hydrogen-bond donors (Lipinski definition) is 0. The first-order valence-electron chi connectivity index (χ1n) is 3.80. The molecule has 0 radical (unpaired) electrons. The molecule has 0 saturated carbocycles. The Labute approximate surface area is 71.1 Å². The molecule has 68 valence electrons. The third-order valence-corrected chi connectivity index (χ3v) is 1.30. The van der Waals surface area contributed by atoms with E-state index >= 15 is 0 Å². The van der Waals surface area contributed by atoms with Crippen LogP contribution < -0.4 is 0 Å². The van der Waals surface area contributed by atoms with Crippen LogP contribution in [0.15, 0.2) is 12.0 Å². The lowest BCUT2D eigenvalue weighted by molar-refractivity contribution is -0.180. The fraction of sp³-hybridized carbons (Fsp3) is 0.625. The van der Waals surface area contributed by atoms with Gasteiger partial charge >= 0.3 is 5.97 Å². The molecular weight excluding hydrogens is 160 g/mol. The molecular formula is C8H12O4. The second-order valence-electron chi connectivity index (χ2n) is 2.61. The molecule has 0 N–H and O–H groups in total. The van der Waals surface area contributed by atoms with Crippen molar-refractivity contribution < 1.29 is 19.0 Å². The molecule has 0 aliphatic carbocycles. The Bertz CT molecular complexity index is 209. The minimum Gasteiger partial charge on any atom is -0.436 e. The lowest BCUT2D eigenvalue weighted by Gasteiger charge is -2.24. The van der Waals surface area contributed by atoms with Gasteiger partial charge in [-0.1, -0.05) is 0 Å². The Morgan fingerprint density at radius 2 is 2.25 bits per heavy atom. The van der Waals surface area contributed by atoms with E-state index in [2.05, 4.69) is 0 Å². The summed E-state index contributed by atoms with van der Waals surface area (Å²) >= 11 is 0. The zero-order valence-corrected chi connectivity index (χ0v) is 7.37. The van der Waals surface area contributed by atoms with Gasteiger partial charge in [0, 0.05) is 13.0 Å². The maximum Gasteiger partial charge on any atom is 0.310 e. The summed E-state index contributed by atoms with van der Waals surface area (Å²) in [6, 6.07) is 0. The van der Waals surface area contributed by atoms with Gasteiger partial charge in [-0.25, -0.2) is 0 Å². The largest absolute Gasteiger partial charge is 0.436 e. The van der Waals surface area contributed by atoms with E-state index in [9.17, 15) is 4.79 Å². The highest BCUT2D eigenvalue weighted by Gasteiger charge is 2.19. The fourth-order valence-electron chi connectivity index (χ4n) is 0.964. The lowest BCUT2D eigenvalue weighted by Crippen LogP contribution is -2.25. The van der Waals surface area contributed by atoms with Crippen molar-refractivity contribution in [1.82, 2.24) is 0 Å². The number of hydrogen-bond acceptors (Lipinski definition) is 4. The van der Waals surface area contributed by atoms with E-state index in [-0.39, 0.29) is 24.3 Å². The Balaban J connectivity index is 2.57. The van der Waals surface area contributed by atoms with Gasteiger partial charge in [0.15, 0.2) is 0 Å². The van der Waals surface area contributed by atoms with Crippen LogP contribution in [-0.2, 0) is 19.0 Å². The topological polar surface area (TPSA) is 44.8 Å². The van der Waals surface area contributed by atoms with E-state index in [1.807, 2.05) is 6.92 Å². The molecule has 2 unspecified atom stereocenters. The Kier molecular flexibility index (Phi) is 2.70. The normalized spacial score (nSPS) is 28.8. The summed E-state index contributed by atoms with van der Waals surface area (Å²) < 4.78 is 15.0. The van der Waals surface area contributed by atoms with Crippen LogP contribution in [0.25, 0.3) is 0 Å². The molecule has 1 rings (SSSR count). The Hall–Kier alpha value is -1.03. The molecule has 1 aliphatic heterocycles. The van der Waals surface area contributed by atoms with Crippen LogP contribution in [0.1, 0.15) is 20.8 Å². The summed E-state index contributed by atoms with van der Waals surface area (Å²) in [5.74, 6) is -0.156. The first-order valence-corrected chi connectivity index (χ1v) is 3.80. The Morgan fingerprint density at radius 1 is 1.58 bits per heavy atom. The number of carbonyl (C=O) groups is 1. The first kappa shape index (κ1) is 9.06. The van der Waals surface area contributed by atoms with Crippen molar-refractivity contribution in [3.63, 3.8) is 0 Å². The zero-order valence-electron chi connectivity index (χ0n) is 7.37. The van der Waals surface area contributed by atoms with Gasteiger partial charge in [-0.2, -0.15) is 0 Å². The highest BCUT2D eigenvalue weighted by Crippen LogP contribution is 2.16. The molecule has 4 heteroatoms. The molecule has 0 aromatic heterocycles. The molecule has 1 aliphatic rings. The van der Waals surface area contributed by atoms with Gasteiger partial charge < -0.3 is 14.2 Å². The van der Waals surface area contributed by atoms with Gasteiger partial charge in [0.1, 0.15) is 0 Å². The van der Waals surface area contributed by atoms with E-state index in [0.717, 1.165) is 0 Å². The molecule has 12 heavy (non-hydrogen) atoms. The molecule has 4 nitrogen and oxygen atoms in total. The van der Waals surface area contributed by atoms with Crippen molar-refractivity contribution in [2.24, 2.45) is 0 Å². The highest BCUT2D eigenvalue weighted by molar-refractivity contribution is 5.67. The monoisotopic (exact) mass is 172 g/mol. The maximum absolute atomic E-state index is 10.5. The zero-order chi connectivity index (χ0) is 9.14. The summed E-state index contributed by atoms with van der Waals surface area (Å²) in [6.07, 6.45) is 1.17. The number of rotatable bonds is 1. The maximum atomic E-state index is 10.5. The van der Waals surface area contributed by atoms with Crippen LogP contribution in [-0.4, -0.2) is 18.4 Å². The van der Waals surface area contributed by atoms with Crippen molar-refractivity contribution in [1.29, 1.82) is 0 Å². The summed E-state index contributed by atoms with van der Waals surface area (Å²) in [5, 5.41) is 0. The van der Waals surface area contributed by atoms with E-state index in [0.29, 0.717) is 0 Å². The molecule has 0 saturated heterocycles. The van der Waals surface area contributed by atoms with E-state index in [4.69, 9.17) is 14.2 Å². The standard InChI is InChI=1S/C8H12O4/c1-5-4-8(11-6(2)9)12-7(3)10-5/h4-5,7H,1-3H3. The van der Waals surface area contributed by atoms with Crippen molar-refractivity contribution in [2.45, 2.75) is 33.2 Å². The van der Waals surface area contributed by atoms with Crippen molar-refractivity contribution in [3.05, 3.63) is 12.0 Å². The molecule has 0 aromatic rings. The molecule has 0 fully saturated rings. The predicted molar refractivity (Wildman–Crippen MR) is 40.9 cm³/mol. The van der Waals surface area contributed by atoms with E-state index in [1.54, 1.807) is 13.0 Å². The van der Waals surface area contributed by atoms with Gasteiger partial charge in [-0.3, -0.25) is 4.79 Å². The van der Waals surface area contributed by atoms with Gasteiger partial charge in [0.2, 0.25) is 6.29 Å². The molecule has 1 heterocycles. The summed E-state index contributed by atoms with van der Waals surface area (Å²) in [4.78, 5) is 10.5. The van der Waals surface area contributed by atoms with E-state index < -0.39 is 0 Å². The fourth-order valence-corrected chi connectivity index (χ4v) is 0.964. The molecule has 2 atom stereocenters. The molecule has 0 spiro atoms. The average Bonchev–Trinajstić information content (AvgIpc) is 1.81. The van der Waals surface area contributed by atoms with E-state index in [1.165, 1.54) is 6.92 Å². The van der Waals surface area contributed by atoms with Gasteiger partial charge in [-0.05, 0) is 13.8 Å². The third kappa shape index (κ3) is 2.54. The van der Waals surface area contributed by atoms with Crippen LogP contribution >= 0.6 is 0 Å². The Morgan fingerprint density at radius 3 is 2.75 bits per heavy atom. The van der Waals surface area contributed by atoms with Gasteiger partial charge in [0.25, 0.3) is 5.95 Å². The highest BCUT2D eigenvalue weighted by atomic mass is 16.8. The molecule has 0 aromatic carbocycles. The SMILES string of the molecule is CC(=O)OC1=CC(C)OC(C)O1. The van der Waals surface area contributed by atoms with Crippen LogP contribution in [0.2, 0.25) is 0 Å². The lowest BCUT2D eigenvalue weighted by atomic mass is 10.3. The predicted octanol–water partition coefficient (Wildman–Crippen LogP) is 1.17. The van der Waals surface area contributed by atoms with Crippen LogP contribution in [0.3, 0.4) is 0 Å². The summed E-state index contributed by atoms with van der Waals surface area (Å²) in [7, 11) is 0. The second-order valence-corrected chi connectivity index (χ2v) is 2.61. The van der Waals surface area contributed by atoms with Crippen LogP contribution in [0.4, 0.5) is 0 Å². The average molecular weight is 172 g/mol. The third-order valence-electron chi connectivity index (χ3n) is 1.30. The number of ether oxygens (including phenoxy) is 3. The smallest absolute Gasteiger partial charge is 0.310 e. The minimum atomic E-state index is -0.387. The van der Waals surface area contributed by atoms with Crippen LogP contribution in [0, 0.1) is 0 Å². The molecule has 0 amide bonds. The summed E-state index contributed by atoms with van der Waals surface area (Å²) in [6.45, 7) is 4.92.